The number of carbonyl (C=O) groups is 2. The molecule has 7 nitrogen and oxygen atoms in total. The van der Waals surface area contributed by atoms with Crippen molar-refractivity contribution < 1.29 is 14.3 Å². The first-order valence-corrected chi connectivity index (χ1v) is 13.2. The van der Waals surface area contributed by atoms with Gasteiger partial charge < -0.3 is 20.7 Å². The van der Waals surface area contributed by atoms with E-state index < -0.39 is 6.04 Å². The molecule has 2 aliphatic heterocycles. The smallest absolute Gasteiger partial charge is 0.264 e. The molecule has 3 heterocycles. The van der Waals surface area contributed by atoms with E-state index >= 15 is 0 Å². The molecule has 2 amide bonds. The maximum atomic E-state index is 13.2. The minimum Gasteiger partial charge on any atom is -0.377 e. The second-order valence-electron chi connectivity index (χ2n) is 9.24. The number of amides is 2. The van der Waals surface area contributed by atoms with Crippen LogP contribution in [0.4, 0.5) is 0 Å². The van der Waals surface area contributed by atoms with Gasteiger partial charge in [-0.3, -0.25) is 14.5 Å². The molecular weight excluding hydrogens is 448 g/mol. The molecule has 8 heteroatoms. The lowest BCUT2D eigenvalue weighted by atomic mass is 9.93. The van der Waals surface area contributed by atoms with E-state index in [9.17, 15) is 9.59 Å². The maximum absolute atomic E-state index is 13.2. The van der Waals surface area contributed by atoms with Gasteiger partial charge in [0.15, 0.2) is 0 Å². The van der Waals surface area contributed by atoms with Crippen LogP contribution in [0.5, 0.6) is 0 Å². The first kappa shape index (κ1) is 24.9. The van der Waals surface area contributed by atoms with Crippen LogP contribution in [0.3, 0.4) is 0 Å². The normalized spacial score (nSPS) is 22.8. The molecule has 0 spiro atoms. The number of ether oxygens (including phenoxy) is 1. The molecular formula is C26H36N4O3S. The highest BCUT2D eigenvalue weighted by Crippen LogP contribution is 2.28. The van der Waals surface area contributed by atoms with Crippen molar-refractivity contribution in [3.05, 3.63) is 57.8 Å². The summed E-state index contributed by atoms with van der Waals surface area (Å²) >= 11 is 1.42. The van der Waals surface area contributed by atoms with Gasteiger partial charge in [-0.25, -0.2) is 0 Å². The van der Waals surface area contributed by atoms with Crippen LogP contribution >= 0.6 is 11.3 Å². The second-order valence-corrected chi connectivity index (χ2v) is 10.2. The van der Waals surface area contributed by atoms with Crippen LogP contribution in [0.15, 0.2) is 41.8 Å². The van der Waals surface area contributed by atoms with Crippen molar-refractivity contribution in [3.63, 3.8) is 0 Å². The van der Waals surface area contributed by atoms with Gasteiger partial charge in [-0.05, 0) is 55.2 Å². The van der Waals surface area contributed by atoms with Crippen LogP contribution in [0.2, 0.25) is 0 Å². The number of nitrogens with zero attached hydrogens (tertiary/aromatic N) is 2. The van der Waals surface area contributed by atoms with Gasteiger partial charge in [0.1, 0.15) is 6.04 Å². The first-order chi connectivity index (χ1) is 16.6. The Balaban J connectivity index is 1.55. The Hall–Kier alpha value is -2.26. The highest BCUT2D eigenvalue weighted by atomic mass is 32.1. The highest BCUT2D eigenvalue weighted by molar-refractivity contribution is 7.12. The fourth-order valence-electron chi connectivity index (χ4n) is 5.02. The molecule has 1 aromatic heterocycles. The van der Waals surface area contributed by atoms with Crippen molar-refractivity contribution in [3.8, 4) is 0 Å². The molecule has 34 heavy (non-hydrogen) atoms. The number of carbonyl (C=O) groups excluding carboxylic acids is 2. The van der Waals surface area contributed by atoms with Crippen molar-refractivity contribution in [2.45, 2.75) is 57.3 Å². The predicted molar refractivity (Wildman–Crippen MR) is 135 cm³/mol. The molecule has 3 N–H and O–H groups in total. The number of hydrogen-bond donors (Lipinski definition) is 2. The van der Waals surface area contributed by atoms with Gasteiger partial charge in [0.05, 0.1) is 11.0 Å². The third-order valence-electron chi connectivity index (χ3n) is 6.93. The summed E-state index contributed by atoms with van der Waals surface area (Å²) in [6.07, 6.45) is 3.82. The molecule has 2 aliphatic rings. The average molecular weight is 485 g/mol. The van der Waals surface area contributed by atoms with E-state index in [2.05, 4.69) is 41.4 Å². The Bertz CT molecular complexity index is 945. The third kappa shape index (κ3) is 6.05. The molecule has 184 valence electrons. The van der Waals surface area contributed by atoms with Crippen molar-refractivity contribution >= 4 is 23.2 Å². The summed E-state index contributed by atoms with van der Waals surface area (Å²) in [7, 11) is 0. The summed E-state index contributed by atoms with van der Waals surface area (Å²) in [5.74, 6) is -0.182. The Morgan fingerprint density at radius 2 is 2.09 bits per heavy atom. The fraction of sp³-hybridized carbons (Fsp3) is 0.538. The van der Waals surface area contributed by atoms with Gasteiger partial charge in [0.2, 0.25) is 5.91 Å². The molecule has 2 aromatic rings. The molecule has 0 radical (unpaired) electrons. The molecule has 4 rings (SSSR count). The van der Waals surface area contributed by atoms with Gasteiger partial charge in [0.25, 0.3) is 5.91 Å². The van der Waals surface area contributed by atoms with E-state index in [1.807, 2.05) is 17.5 Å². The van der Waals surface area contributed by atoms with E-state index in [4.69, 9.17) is 10.5 Å². The van der Waals surface area contributed by atoms with Gasteiger partial charge >= 0.3 is 0 Å². The summed E-state index contributed by atoms with van der Waals surface area (Å²) in [5.41, 5.74) is 8.19. The topological polar surface area (TPSA) is 87.9 Å². The number of benzene rings is 1. The van der Waals surface area contributed by atoms with E-state index in [0.29, 0.717) is 30.9 Å². The summed E-state index contributed by atoms with van der Waals surface area (Å²) in [6, 6.07) is 11.8. The van der Waals surface area contributed by atoms with E-state index in [1.54, 1.807) is 4.90 Å². The summed E-state index contributed by atoms with van der Waals surface area (Å²) < 4.78 is 5.98. The zero-order chi connectivity index (χ0) is 23.9. The molecule has 2 saturated heterocycles. The first-order valence-electron chi connectivity index (χ1n) is 12.3. The average Bonchev–Trinajstić information content (AvgIpc) is 3.57. The van der Waals surface area contributed by atoms with Gasteiger partial charge in [0, 0.05) is 45.4 Å². The number of aryl methyl sites for hydroxylation is 1. The van der Waals surface area contributed by atoms with Crippen LogP contribution in [-0.2, 0) is 16.1 Å². The van der Waals surface area contributed by atoms with Gasteiger partial charge in [-0.2, -0.15) is 0 Å². The SMILES string of the molecule is Cc1ccccc1CN(CC1CCCO1)C1CCN(C(=O)c2cccs2)[C@@H](C(=O)NCCN)C1. The second kappa shape index (κ2) is 11.9. The zero-order valence-electron chi connectivity index (χ0n) is 19.9. The molecule has 0 aliphatic carbocycles. The van der Waals surface area contributed by atoms with E-state index in [1.165, 1.54) is 22.5 Å². The van der Waals surface area contributed by atoms with Crippen LogP contribution in [0.25, 0.3) is 0 Å². The number of nitrogens with one attached hydrogen (secondary N) is 1. The lowest BCUT2D eigenvalue weighted by Crippen LogP contribution is -2.58. The largest absolute Gasteiger partial charge is 0.377 e. The number of thiophene rings is 1. The Kier molecular flexibility index (Phi) is 8.72. The minimum atomic E-state index is -0.510. The number of piperidine rings is 1. The van der Waals surface area contributed by atoms with Crippen molar-refractivity contribution in [1.82, 2.24) is 15.1 Å². The van der Waals surface area contributed by atoms with Crippen LogP contribution in [0, 0.1) is 6.92 Å². The Morgan fingerprint density at radius 1 is 1.24 bits per heavy atom. The van der Waals surface area contributed by atoms with Crippen LogP contribution < -0.4 is 11.1 Å². The molecule has 3 atom stereocenters. The number of rotatable bonds is 9. The lowest BCUT2D eigenvalue weighted by molar-refractivity contribution is -0.127. The summed E-state index contributed by atoms with van der Waals surface area (Å²) in [5, 5.41) is 4.82. The Labute approximate surface area is 206 Å². The van der Waals surface area contributed by atoms with Crippen LogP contribution in [0.1, 0.15) is 46.5 Å². The van der Waals surface area contributed by atoms with E-state index in [0.717, 1.165) is 39.0 Å². The maximum Gasteiger partial charge on any atom is 0.264 e. The molecule has 0 bridgehead atoms. The number of hydrogen-bond acceptors (Lipinski definition) is 6. The molecule has 0 saturated carbocycles. The van der Waals surface area contributed by atoms with Crippen molar-refractivity contribution in [2.75, 3.05) is 32.8 Å². The quantitative estimate of drug-likeness (QED) is 0.572. The summed E-state index contributed by atoms with van der Waals surface area (Å²) in [4.78, 5) is 31.3. The highest BCUT2D eigenvalue weighted by Gasteiger charge is 2.39. The van der Waals surface area contributed by atoms with E-state index in [-0.39, 0.29) is 24.0 Å². The molecule has 1 aromatic carbocycles. The fourth-order valence-corrected chi connectivity index (χ4v) is 5.70. The summed E-state index contributed by atoms with van der Waals surface area (Å²) in [6.45, 7) is 5.95. The van der Waals surface area contributed by atoms with Gasteiger partial charge in [-0.15, -0.1) is 11.3 Å². The number of likely N-dealkylation sites (tertiary alicyclic amines) is 1. The lowest BCUT2D eigenvalue weighted by Gasteiger charge is -2.43. The third-order valence-corrected chi connectivity index (χ3v) is 7.78. The zero-order valence-corrected chi connectivity index (χ0v) is 20.8. The standard InChI is InChI=1S/C26H36N4O3S/c1-19-6-2-3-7-20(19)17-29(18-22-8-4-14-33-22)21-10-13-30(26(32)24-9-5-15-34-24)23(16-21)25(31)28-12-11-27/h2-3,5-7,9,15,21-23H,4,8,10-14,16-18,27H2,1H3,(H,28,31)/t21?,22?,23-/m1/s1. The van der Waals surface area contributed by atoms with Crippen molar-refractivity contribution in [2.24, 2.45) is 5.73 Å². The Morgan fingerprint density at radius 3 is 2.79 bits per heavy atom. The molecule has 2 fully saturated rings. The monoisotopic (exact) mass is 484 g/mol. The molecule has 2 unspecified atom stereocenters. The van der Waals surface area contributed by atoms with Crippen LogP contribution in [-0.4, -0.2) is 72.6 Å². The van der Waals surface area contributed by atoms with Gasteiger partial charge in [-0.1, -0.05) is 30.3 Å². The number of nitrogens with two attached hydrogens (primary N) is 1. The van der Waals surface area contributed by atoms with Crippen molar-refractivity contribution in [1.29, 1.82) is 0 Å². The minimum absolute atomic E-state index is 0.0640. The predicted octanol–water partition coefficient (Wildman–Crippen LogP) is 2.79.